The molecule has 0 aromatic heterocycles. The lowest BCUT2D eigenvalue weighted by atomic mass is 10.1. The Labute approximate surface area is 153 Å². The molecule has 1 rings (SSSR count). The van der Waals surface area contributed by atoms with Crippen LogP contribution in [0.2, 0.25) is 0 Å². The first-order chi connectivity index (χ1) is 12.2. The van der Waals surface area contributed by atoms with Crippen molar-refractivity contribution < 1.29 is 28.7 Å². The van der Waals surface area contributed by atoms with Crippen LogP contribution >= 0.6 is 7.60 Å². The van der Waals surface area contributed by atoms with Gasteiger partial charge in [0.15, 0.2) is 6.10 Å². The van der Waals surface area contributed by atoms with Crippen LogP contribution in [0.1, 0.15) is 43.5 Å². The Kier molecular flexibility index (Phi) is 8.95. The third kappa shape index (κ3) is 6.88. The third-order valence-corrected chi connectivity index (χ3v) is 5.76. The van der Waals surface area contributed by atoms with E-state index in [0.717, 1.165) is 0 Å². The first-order valence-corrected chi connectivity index (χ1v) is 10.1. The van der Waals surface area contributed by atoms with E-state index < -0.39 is 37.3 Å². The van der Waals surface area contributed by atoms with Gasteiger partial charge in [-0.1, -0.05) is 32.0 Å². The number of hydrogen-bond acceptors (Lipinski definition) is 5. The van der Waals surface area contributed by atoms with E-state index in [2.05, 4.69) is 5.32 Å². The van der Waals surface area contributed by atoms with Gasteiger partial charge in [0.05, 0.1) is 0 Å². The van der Waals surface area contributed by atoms with Gasteiger partial charge < -0.3 is 21.1 Å². The van der Waals surface area contributed by atoms with Crippen LogP contribution in [-0.2, 0) is 13.9 Å². The Morgan fingerprint density at radius 1 is 1.23 bits per heavy atom. The number of benzene rings is 1. The zero-order valence-corrected chi connectivity index (χ0v) is 15.9. The van der Waals surface area contributed by atoms with Crippen molar-refractivity contribution in [3.63, 3.8) is 0 Å². The molecule has 3 unspecified atom stereocenters. The molecule has 0 heterocycles. The molecule has 0 aliphatic heterocycles. The fourth-order valence-corrected chi connectivity index (χ4v) is 4.10. The average Bonchev–Trinajstić information content (AvgIpc) is 2.58. The fourth-order valence-electron chi connectivity index (χ4n) is 2.38. The summed E-state index contributed by atoms with van der Waals surface area (Å²) in [4.78, 5) is 34.0. The molecule has 1 aromatic carbocycles. The van der Waals surface area contributed by atoms with Crippen molar-refractivity contribution in [2.24, 2.45) is 11.7 Å². The maximum atomic E-state index is 12.7. The van der Waals surface area contributed by atoms with Crippen molar-refractivity contribution in [1.29, 1.82) is 0 Å². The number of carbonyl (C=O) groups excluding carboxylic acids is 1. The average molecular weight is 386 g/mol. The van der Waals surface area contributed by atoms with Crippen LogP contribution < -0.4 is 11.1 Å². The minimum atomic E-state index is -4.44. The van der Waals surface area contributed by atoms with Gasteiger partial charge in [0.2, 0.25) is 0 Å². The zero-order chi connectivity index (χ0) is 19.7. The first-order valence-electron chi connectivity index (χ1n) is 8.48. The summed E-state index contributed by atoms with van der Waals surface area (Å²) < 4.78 is 17.8. The molecule has 0 saturated heterocycles. The van der Waals surface area contributed by atoms with E-state index in [9.17, 15) is 24.2 Å². The van der Waals surface area contributed by atoms with Gasteiger partial charge in [0.25, 0.3) is 5.91 Å². The fraction of sp³-hybridized carbons (Fsp3) is 0.529. The Bertz CT molecular complexity index is 637. The quantitative estimate of drug-likeness (QED) is 0.338. The Balaban J connectivity index is 2.89. The monoisotopic (exact) mass is 386 g/mol. The topological polar surface area (TPSA) is 139 Å². The second kappa shape index (κ2) is 10.4. The summed E-state index contributed by atoms with van der Waals surface area (Å²) in [6.07, 6.45) is -0.335. The molecule has 0 saturated carbocycles. The van der Waals surface area contributed by atoms with Gasteiger partial charge in [-0.2, -0.15) is 0 Å². The molecule has 1 amide bonds. The maximum absolute atomic E-state index is 12.7. The maximum Gasteiger partial charge on any atom is 0.351 e. The smallest absolute Gasteiger partial charge is 0.351 e. The van der Waals surface area contributed by atoms with Crippen LogP contribution in [0.5, 0.6) is 0 Å². The van der Waals surface area contributed by atoms with Crippen LogP contribution in [0.3, 0.4) is 0 Å². The van der Waals surface area contributed by atoms with Gasteiger partial charge in [-0.05, 0) is 43.9 Å². The summed E-state index contributed by atoms with van der Waals surface area (Å²) in [6, 6.07) is 8.24. The lowest BCUT2D eigenvalue weighted by Crippen LogP contribution is -2.40. The van der Waals surface area contributed by atoms with Crippen LogP contribution in [0.15, 0.2) is 30.3 Å². The highest BCUT2D eigenvalue weighted by molar-refractivity contribution is 7.53. The number of aliphatic carboxylic acids is 1. The van der Waals surface area contributed by atoms with Gasteiger partial charge >= 0.3 is 13.6 Å². The molecule has 9 heteroatoms. The molecule has 0 fully saturated rings. The van der Waals surface area contributed by atoms with Crippen molar-refractivity contribution in [3.8, 4) is 0 Å². The minimum Gasteiger partial charge on any atom is -0.479 e. The molecule has 0 bridgehead atoms. The molecule has 146 valence electrons. The SMILES string of the molecule is CC(C)C(NC(=O)c1ccccc1)P(=O)(O)OC(CCCCN)C(=O)O. The standard InChI is InChI=1S/C17H27N2O6P/c1-12(2)16(19-15(20)13-8-4-3-5-9-13)26(23,24)25-14(17(21)22)10-6-7-11-18/h3-5,8-9,12,14,16H,6-7,10-11,18H2,1-2H3,(H,19,20)(H,21,22)(H,23,24). The Morgan fingerprint density at radius 3 is 2.35 bits per heavy atom. The van der Waals surface area contributed by atoms with Crippen LogP contribution in [0.4, 0.5) is 0 Å². The number of carboxylic acids is 1. The summed E-state index contributed by atoms with van der Waals surface area (Å²) in [5, 5.41) is 11.7. The second-order valence-corrected chi connectivity index (χ2v) is 8.20. The largest absolute Gasteiger partial charge is 0.479 e. The minimum absolute atomic E-state index is 0.0640. The molecule has 8 nitrogen and oxygen atoms in total. The van der Waals surface area contributed by atoms with Crippen LogP contribution in [0.25, 0.3) is 0 Å². The van der Waals surface area contributed by atoms with E-state index in [-0.39, 0.29) is 6.42 Å². The summed E-state index contributed by atoms with van der Waals surface area (Å²) in [6.45, 7) is 3.68. The summed E-state index contributed by atoms with van der Waals surface area (Å²) in [5.41, 5.74) is 5.71. The van der Waals surface area contributed by atoms with Crippen molar-refractivity contribution in [3.05, 3.63) is 35.9 Å². The number of carbonyl (C=O) groups is 2. The molecule has 5 N–H and O–H groups in total. The number of unbranched alkanes of at least 4 members (excludes halogenated alkanes) is 1. The van der Waals surface area contributed by atoms with Crippen LogP contribution in [-0.4, -0.2) is 40.3 Å². The van der Waals surface area contributed by atoms with E-state index in [1.807, 2.05) is 0 Å². The zero-order valence-electron chi connectivity index (χ0n) is 15.0. The molecule has 0 spiro atoms. The summed E-state index contributed by atoms with van der Waals surface area (Å²) in [5.74, 6) is -3.53. The highest BCUT2D eigenvalue weighted by Crippen LogP contribution is 2.50. The lowest BCUT2D eigenvalue weighted by molar-refractivity contribution is -0.145. The van der Waals surface area contributed by atoms with E-state index in [1.165, 1.54) is 0 Å². The van der Waals surface area contributed by atoms with Crippen molar-refractivity contribution in [2.45, 2.75) is 45.0 Å². The number of nitrogens with one attached hydrogen (secondary N) is 1. The van der Waals surface area contributed by atoms with Gasteiger partial charge in [0, 0.05) is 5.56 Å². The molecular formula is C17H27N2O6P. The molecule has 0 aliphatic carbocycles. The van der Waals surface area contributed by atoms with E-state index in [0.29, 0.717) is 24.9 Å². The Morgan fingerprint density at radius 2 is 1.85 bits per heavy atom. The number of rotatable bonds is 11. The normalized spacial score (nSPS) is 15.9. The molecular weight excluding hydrogens is 359 g/mol. The molecule has 3 atom stereocenters. The van der Waals surface area contributed by atoms with Gasteiger partial charge in [-0.15, -0.1) is 0 Å². The highest BCUT2D eigenvalue weighted by atomic mass is 31.2. The number of amides is 1. The van der Waals surface area contributed by atoms with Crippen molar-refractivity contribution in [2.75, 3.05) is 6.54 Å². The van der Waals surface area contributed by atoms with Gasteiger partial charge in [0.1, 0.15) is 5.78 Å². The van der Waals surface area contributed by atoms with E-state index >= 15 is 0 Å². The molecule has 1 aromatic rings. The van der Waals surface area contributed by atoms with E-state index in [1.54, 1.807) is 44.2 Å². The molecule has 26 heavy (non-hydrogen) atoms. The van der Waals surface area contributed by atoms with Crippen molar-refractivity contribution in [1.82, 2.24) is 5.32 Å². The van der Waals surface area contributed by atoms with Gasteiger partial charge in [-0.3, -0.25) is 13.9 Å². The van der Waals surface area contributed by atoms with Gasteiger partial charge in [-0.25, -0.2) is 4.79 Å². The highest BCUT2D eigenvalue weighted by Gasteiger charge is 2.40. The summed E-state index contributed by atoms with van der Waals surface area (Å²) in [7, 11) is -4.44. The number of nitrogens with two attached hydrogens (primary N) is 1. The van der Waals surface area contributed by atoms with E-state index in [4.69, 9.17) is 10.3 Å². The number of carboxylic acid groups (broad SMARTS) is 1. The Hall–Kier alpha value is -1.73. The van der Waals surface area contributed by atoms with Crippen LogP contribution in [0, 0.1) is 5.92 Å². The predicted molar refractivity (Wildman–Crippen MR) is 97.8 cm³/mol. The number of hydrogen-bond donors (Lipinski definition) is 4. The summed E-state index contributed by atoms with van der Waals surface area (Å²) >= 11 is 0. The first kappa shape index (κ1) is 22.3. The second-order valence-electron chi connectivity index (χ2n) is 6.31. The lowest BCUT2D eigenvalue weighted by Gasteiger charge is -2.28. The van der Waals surface area contributed by atoms with Crippen molar-refractivity contribution >= 4 is 19.5 Å². The third-order valence-electron chi connectivity index (χ3n) is 3.77. The predicted octanol–water partition coefficient (Wildman–Crippen LogP) is 2.18. The molecule has 0 radical (unpaired) electrons. The molecule has 0 aliphatic rings.